The summed E-state index contributed by atoms with van der Waals surface area (Å²) in [5.74, 6) is -0.251. The number of nitrogens with one attached hydrogen (secondary N) is 2. The number of halogens is 1. The van der Waals surface area contributed by atoms with Crippen molar-refractivity contribution in [1.29, 1.82) is 0 Å². The molecule has 1 fully saturated rings. The van der Waals surface area contributed by atoms with Gasteiger partial charge in [0.05, 0.1) is 17.7 Å². The summed E-state index contributed by atoms with van der Waals surface area (Å²) in [6.07, 6.45) is 1.40. The van der Waals surface area contributed by atoms with E-state index in [-0.39, 0.29) is 16.3 Å². The molecular formula is C16H11ClN2O5. The molecule has 1 saturated heterocycles. The Morgan fingerprint density at radius 1 is 1.21 bits per heavy atom. The molecule has 2 heterocycles. The fourth-order valence-corrected chi connectivity index (χ4v) is 2.35. The average molecular weight is 347 g/mol. The molecule has 0 radical (unpaired) electrons. The molecule has 0 aliphatic carbocycles. The maximum atomic E-state index is 11.7. The molecule has 122 valence electrons. The van der Waals surface area contributed by atoms with E-state index in [2.05, 4.69) is 15.4 Å². The molecule has 3 amide bonds. The number of ether oxygens (including phenoxy) is 1. The Morgan fingerprint density at radius 3 is 2.67 bits per heavy atom. The average Bonchev–Trinajstić information content (AvgIpc) is 3.14. The highest BCUT2D eigenvalue weighted by atomic mass is 35.5. The van der Waals surface area contributed by atoms with Crippen LogP contribution in [0.2, 0.25) is 5.02 Å². The topological polar surface area (TPSA) is 97.6 Å². The first-order valence-electron chi connectivity index (χ1n) is 6.80. The number of hydrogen-bond donors (Lipinski definition) is 2. The minimum Gasteiger partial charge on any atom is -0.465 e. The molecule has 0 bridgehead atoms. The third-order valence-electron chi connectivity index (χ3n) is 3.29. The van der Waals surface area contributed by atoms with E-state index in [4.69, 9.17) is 16.0 Å². The summed E-state index contributed by atoms with van der Waals surface area (Å²) >= 11 is 5.98. The Bertz CT molecular complexity index is 884. The number of amides is 3. The van der Waals surface area contributed by atoms with Crippen LogP contribution in [-0.2, 0) is 9.53 Å². The van der Waals surface area contributed by atoms with Gasteiger partial charge in [0.25, 0.3) is 5.91 Å². The fourth-order valence-electron chi connectivity index (χ4n) is 2.16. The molecule has 1 aliphatic rings. The highest BCUT2D eigenvalue weighted by Gasteiger charge is 2.23. The van der Waals surface area contributed by atoms with E-state index in [1.165, 1.54) is 13.2 Å². The van der Waals surface area contributed by atoms with Gasteiger partial charge in [-0.05, 0) is 30.3 Å². The summed E-state index contributed by atoms with van der Waals surface area (Å²) < 4.78 is 10.3. The summed E-state index contributed by atoms with van der Waals surface area (Å²) in [6.45, 7) is 0. The molecule has 0 saturated carbocycles. The van der Waals surface area contributed by atoms with E-state index < -0.39 is 17.9 Å². The van der Waals surface area contributed by atoms with Crippen molar-refractivity contribution in [1.82, 2.24) is 10.6 Å². The Morgan fingerprint density at radius 2 is 2.00 bits per heavy atom. The molecule has 3 rings (SSSR count). The SMILES string of the molecule is COC(=O)c1cc(-c2ccc(/C=C3/NC(=O)NC3=O)o2)ccc1Cl. The summed E-state index contributed by atoms with van der Waals surface area (Å²) in [7, 11) is 1.27. The van der Waals surface area contributed by atoms with Gasteiger partial charge in [-0.1, -0.05) is 11.6 Å². The van der Waals surface area contributed by atoms with Crippen LogP contribution in [0.4, 0.5) is 4.79 Å². The number of benzene rings is 1. The van der Waals surface area contributed by atoms with E-state index in [1.807, 2.05) is 0 Å². The van der Waals surface area contributed by atoms with E-state index >= 15 is 0 Å². The van der Waals surface area contributed by atoms with Crippen LogP contribution in [0.3, 0.4) is 0 Å². The maximum absolute atomic E-state index is 11.7. The summed E-state index contributed by atoms with van der Waals surface area (Å²) in [5, 5.41) is 4.72. The van der Waals surface area contributed by atoms with Crippen molar-refractivity contribution < 1.29 is 23.5 Å². The number of furan rings is 1. The first kappa shape index (κ1) is 15.8. The van der Waals surface area contributed by atoms with Crippen LogP contribution in [0.25, 0.3) is 17.4 Å². The summed E-state index contributed by atoms with van der Waals surface area (Å²) in [4.78, 5) is 34.2. The minimum absolute atomic E-state index is 0.0901. The third kappa shape index (κ3) is 3.02. The number of urea groups is 1. The summed E-state index contributed by atoms with van der Waals surface area (Å²) in [6, 6.07) is 7.52. The van der Waals surface area contributed by atoms with Crippen molar-refractivity contribution in [3.63, 3.8) is 0 Å². The van der Waals surface area contributed by atoms with Crippen LogP contribution in [0.5, 0.6) is 0 Å². The van der Waals surface area contributed by atoms with E-state index in [9.17, 15) is 14.4 Å². The lowest BCUT2D eigenvalue weighted by Crippen LogP contribution is -2.22. The van der Waals surface area contributed by atoms with Crippen LogP contribution in [0.1, 0.15) is 16.1 Å². The smallest absolute Gasteiger partial charge is 0.339 e. The van der Waals surface area contributed by atoms with Gasteiger partial charge in [0.15, 0.2) is 0 Å². The van der Waals surface area contributed by atoms with E-state index in [0.717, 1.165) is 0 Å². The molecule has 1 aromatic heterocycles. The second kappa shape index (κ2) is 6.21. The molecule has 2 aromatic rings. The molecule has 0 atom stereocenters. The van der Waals surface area contributed by atoms with E-state index in [0.29, 0.717) is 17.1 Å². The number of methoxy groups -OCH3 is 1. The molecule has 24 heavy (non-hydrogen) atoms. The van der Waals surface area contributed by atoms with Gasteiger partial charge in [-0.25, -0.2) is 9.59 Å². The molecular weight excluding hydrogens is 336 g/mol. The van der Waals surface area contributed by atoms with Crippen molar-refractivity contribution in [2.24, 2.45) is 0 Å². The zero-order valence-electron chi connectivity index (χ0n) is 12.4. The first-order chi connectivity index (χ1) is 11.5. The van der Waals surface area contributed by atoms with Gasteiger partial charge in [-0.3, -0.25) is 10.1 Å². The largest absolute Gasteiger partial charge is 0.465 e. The van der Waals surface area contributed by atoms with Gasteiger partial charge in [0.2, 0.25) is 0 Å². The van der Waals surface area contributed by atoms with Crippen LogP contribution < -0.4 is 10.6 Å². The third-order valence-corrected chi connectivity index (χ3v) is 3.62. The van der Waals surface area contributed by atoms with Crippen LogP contribution in [-0.4, -0.2) is 25.0 Å². The Balaban J connectivity index is 1.91. The number of hydrogen-bond acceptors (Lipinski definition) is 5. The van der Waals surface area contributed by atoms with Crippen molar-refractivity contribution in [2.75, 3.05) is 7.11 Å². The van der Waals surface area contributed by atoms with Crippen molar-refractivity contribution in [2.45, 2.75) is 0 Å². The van der Waals surface area contributed by atoms with E-state index in [1.54, 1.807) is 30.3 Å². The first-order valence-corrected chi connectivity index (χ1v) is 7.18. The number of rotatable bonds is 3. The Labute approximate surface area is 141 Å². The highest BCUT2D eigenvalue weighted by Crippen LogP contribution is 2.28. The Kier molecular flexibility index (Phi) is 4.09. The molecule has 0 spiro atoms. The number of carbonyl (C=O) groups excluding carboxylic acids is 3. The van der Waals surface area contributed by atoms with Crippen LogP contribution >= 0.6 is 11.6 Å². The lowest BCUT2D eigenvalue weighted by molar-refractivity contribution is -0.115. The molecule has 7 nitrogen and oxygen atoms in total. The van der Waals surface area contributed by atoms with Gasteiger partial charge >= 0.3 is 12.0 Å². The second-order valence-corrected chi connectivity index (χ2v) is 5.26. The molecule has 0 unspecified atom stereocenters. The van der Waals surface area contributed by atoms with Gasteiger partial charge in [0.1, 0.15) is 17.2 Å². The number of carbonyl (C=O) groups is 3. The summed E-state index contributed by atoms with van der Waals surface area (Å²) in [5.41, 5.74) is 0.923. The zero-order valence-corrected chi connectivity index (χ0v) is 13.1. The molecule has 2 N–H and O–H groups in total. The van der Waals surface area contributed by atoms with Crippen molar-refractivity contribution in [3.8, 4) is 11.3 Å². The number of imide groups is 1. The highest BCUT2D eigenvalue weighted by molar-refractivity contribution is 6.33. The monoisotopic (exact) mass is 346 g/mol. The predicted molar refractivity (Wildman–Crippen MR) is 85.1 cm³/mol. The van der Waals surface area contributed by atoms with Crippen LogP contribution in [0, 0.1) is 0 Å². The quantitative estimate of drug-likeness (QED) is 0.505. The zero-order chi connectivity index (χ0) is 17.3. The molecule has 1 aliphatic heterocycles. The van der Waals surface area contributed by atoms with Gasteiger partial charge < -0.3 is 14.5 Å². The maximum Gasteiger partial charge on any atom is 0.339 e. The normalized spacial score (nSPS) is 15.3. The second-order valence-electron chi connectivity index (χ2n) is 4.85. The minimum atomic E-state index is -0.585. The predicted octanol–water partition coefficient (Wildman–Crippen LogP) is 2.57. The standard InChI is InChI=1S/C16H11ClN2O5/c1-23-15(21)10-6-8(2-4-11(10)17)13-5-3-9(24-13)7-12-14(20)19-16(22)18-12/h2-7H,1H3,(H2,18,19,20,22)/b12-7+. The fraction of sp³-hybridized carbons (Fsp3) is 0.0625. The Hall–Kier alpha value is -3.06. The van der Waals surface area contributed by atoms with Gasteiger partial charge in [0, 0.05) is 11.6 Å². The van der Waals surface area contributed by atoms with Gasteiger partial charge in [-0.2, -0.15) is 0 Å². The molecule has 8 heteroatoms. The lowest BCUT2D eigenvalue weighted by Gasteiger charge is -2.04. The van der Waals surface area contributed by atoms with Gasteiger partial charge in [-0.15, -0.1) is 0 Å². The van der Waals surface area contributed by atoms with Crippen molar-refractivity contribution in [3.05, 3.63) is 52.4 Å². The van der Waals surface area contributed by atoms with Crippen molar-refractivity contribution >= 4 is 35.6 Å². The number of esters is 1. The van der Waals surface area contributed by atoms with Crippen LogP contribution in [0.15, 0.2) is 40.4 Å². The lowest BCUT2D eigenvalue weighted by atomic mass is 10.1. The molecule has 1 aromatic carbocycles.